The van der Waals surface area contributed by atoms with E-state index < -0.39 is 22.6 Å². The molecular formula is C16H17NO6S. The second kappa shape index (κ2) is 7.22. The van der Waals surface area contributed by atoms with Gasteiger partial charge in [0.15, 0.2) is 6.61 Å². The smallest absolute Gasteiger partial charge is 0.341 e. The Labute approximate surface area is 140 Å². The minimum Gasteiger partial charge on any atom is -0.497 e. The number of carbonyl (C=O) groups is 1. The molecule has 0 fully saturated rings. The van der Waals surface area contributed by atoms with Crippen molar-refractivity contribution in [2.75, 3.05) is 25.1 Å². The van der Waals surface area contributed by atoms with E-state index in [2.05, 4.69) is 0 Å². The number of benzene rings is 2. The van der Waals surface area contributed by atoms with Crippen LogP contribution in [-0.2, 0) is 14.8 Å². The highest BCUT2D eigenvalue weighted by molar-refractivity contribution is 7.92. The molecule has 2 aromatic carbocycles. The summed E-state index contributed by atoms with van der Waals surface area (Å²) < 4.78 is 36.6. The van der Waals surface area contributed by atoms with Gasteiger partial charge in [0.1, 0.15) is 11.5 Å². The Morgan fingerprint density at radius 3 is 2.33 bits per heavy atom. The molecule has 0 aliphatic rings. The normalized spacial score (nSPS) is 10.9. The van der Waals surface area contributed by atoms with Gasteiger partial charge in [-0.3, -0.25) is 4.31 Å². The Hall–Kier alpha value is -2.74. The molecule has 0 saturated carbocycles. The predicted molar refractivity (Wildman–Crippen MR) is 88.2 cm³/mol. The molecule has 0 aliphatic heterocycles. The number of methoxy groups -OCH3 is 1. The fraction of sp³-hybridized carbons (Fsp3) is 0.188. The molecule has 0 saturated heterocycles. The number of nitrogens with zero attached hydrogens (tertiary/aromatic N) is 1. The van der Waals surface area contributed by atoms with Crippen molar-refractivity contribution in [2.45, 2.75) is 4.90 Å². The van der Waals surface area contributed by atoms with Crippen LogP contribution < -0.4 is 13.8 Å². The van der Waals surface area contributed by atoms with Crippen LogP contribution >= 0.6 is 0 Å². The molecule has 0 aromatic heterocycles. The van der Waals surface area contributed by atoms with Gasteiger partial charge in [-0.05, 0) is 12.1 Å². The summed E-state index contributed by atoms with van der Waals surface area (Å²) in [6.07, 6.45) is 0. The average molecular weight is 351 g/mol. The standard InChI is InChI=1S/C16H17NO6S/c1-17(24(20,21)15-6-4-3-5-7-15)12-8-13(22-2)10-14(9-12)23-11-16(18)19/h3-10H,11H2,1-2H3,(H,18,19). The monoisotopic (exact) mass is 351 g/mol. The zero-order valence-corrected chi connectivity index (χ0v) is 14.0. The minimum atomic E-state index is -3.76. The van der Waals surface area contributed by atoms with E-state index in [-0.39, 0.29) is 10.6 Å². The number of carboxylic acid groups (broad SMARTS) is 1. The summed E-state index contributed by atoms with van der Waals surface area (Å²) >= 11 is 0. The molecule has 0 radical (unpaired) electrons. The lowest BCUT2D eigenvalue weighted by Crippen LogP contribution is -2.26. The van der Waals surface area contributed by atoms with Crippen molar-refractivity contribution in [3.05, 3.63) is 48.5 Å². The van der Waals surface area contributed by atoms with Gasteiger partial charge in [0, 0.05) is 25.2 Å². The molecule has 0 unspecified atom stereocenters. The SMILES string of the molecule is COc1cc(OCC(=O)O)cc(N(C)S(=O)(=O)c2ccccc2)c1. The lowest BCUT2D eigenvalue weighted by molar-refractivity contribution is -0.139. The van der Waals surface area contributed by atoms with Crippen LogP contribution in [0, 0.1) is 0 Å². The summed E-state index contributed by atoms with van der Waals surface area (Å²) in [5, 5.41) is 8.70. The molecule has 0 amide bonds. The van der Waals surface area contributed by atoms with E-state index in [1.807, 2.05) is 0 Å². The van der Waals surface area contributed by atoms with Crippen molar-refractivity contribution >= 4 is 21.7 Å². The Morgan fingerprint density at radius 2 is 1.75 bits per heavy atom. The Morgan fingerprint density at radius 1 is 1.12 bits per heavy atom. The molecule has 7 nitrogen and oxygen atoms in total. The largest absolute Gasteiger partial charge is 0.497 e. The molecule has 2 aromatic rings. The number of anilines is 1. The predicted octanol–water partition coefficient (Wildman–Crippen LogP) is 1.98. The van der Waals surface area contributed by atoms with E-state index in [1.54, 1.807) is 18.2 Å². The van der Waals surface area contributed by atoms with E-state index >= 15 is 0 Å². The Balaban J connectivity index is 2.39. The highest BCUT2D eigenvalue weighted by atomic mass is 32.2. The maximum Gasteiger partial charge on any atom is 0.341 e. The number of rotatable bonds is 7. The second-order valence-electron chi connectivity index (χ2n) is 4.83. The van der Waals surface area contributed by atoms with Gasteiger partial charge in [0.05, 0.1) is 17.7 Å². The van der Waals surface area contributed by atoms with E-state index in [4.69, 9.17) is 14.6 Å². The zero-order chi connectivity index (χ0) is 17.7. The first kappa shape index (κ1) is 17.6. The first-order chi connectivity index (χ1) is 11.3. The number of sulfonamides is 1. The third kappa shape index (κ3) is 3.96. The van der Waals surface area contributed by atoms with Gasteiger partial charge in [-0.1, -0.05) is 18.2 Å². The van der Waals surface area contributed by atoms with Gasteiger partial charge in [-0.25, -0.2) is 13.2 Å². The number of aliphatic carboxylic acids is 1. The summed E-state index contributed by atoms with van der Waals surface area (Å²) in [4.78, 5) is 10.8. The third-order valence-corrected chi connectivity index (χ3v) is 5.03. The molecule has 1 N–H and O–H groups in total. The quantitative estimate of drug-likeness (QED) is 0.820. The summed E-state index contributed by atoms with van der Waals surface area (Å²) in [5.41, 5.74) is 0.290. The zero-order valence-electron chi connectivity index (χ0n) is 13.2. The van der Waals surface area contributed by atoms with Gasteiger partial charge in [-0.15, -0.1) is 0 Å². The number of carboxylic acids is 1. The molecule has 2 rings (SSSR count). The van der Waals surface area contributed by atoms with Gasteiger partial charge >= 0.3 is 5.97 Å². The number of hydrogen-bond donors (Lipinski definition) is 1. The average Bonchev–Trinajstić information content (AvgIpc) is 2.59. The van der Waals surface area contributed by atoms with E-state index in [0.29, 0.717) is 11.4 Å². The van der Waals surface area contributed by atoms with Crippen LogP contribution in [0.5, 0.6) is 11.5 Å². The molecule has 0 heterocycles. The first-order valence-corrected chi connectivity index (χ1v) is 8.36. The van der Waals surface area contributed by atoms with Crippen LogP contribution in [0.15, 0.2) is 53.4 Å². The van der Waals surface area contributed by atoms with Crippen molar-refractivity contribution in [1.82, 2.24) is 0 Å². The van der Waals surface area contributed by atoms with Gasteiger partial charge in [0.2, 0.25) is 0 Å². The van der Waals surface area contributed by atoms with E-state index in [1.165, 1.54) is 44.5 Å². The van der Waals surface area contributed by atoms with Gasteiger partial charge in [-0.2, -0.15) is 0 Å². The van der Waals surface area contributed by atoms with Crippen LogP contribution in [0.2, 0.25) is 0 Å². The van der Waals surface area contributed by atoms with Crippen molar-refractivity contribution in [3.63, 3.8) is 0 Å². The fourth-order valence-corrected chi connectivity index (χ4v) is 3.17. The lowest BCUT2D eigenvalue weighted by atomic mass is 10.3. The van der Waals surface area contributed by atoms with E-state index in [0.717, 1.165) is 4.31 Å². The molecule has 0 spiro atoms. The van der Waals surface area contributed by atoms with Crippen molar-refractivity contribution in [1.29, 1.82) is 0 Å². The van der Waals surface area contributed by atoms with Crippen LogP contribution in [0.4, 0.5) is 5.69 Å². The van der Waals surface area contributed by atoms with Gasteiger partial charge < -0.3 is 14.6 Å². The number of hydrogen-bond acceptors (Lipinski definition) is 5. The molecule has 0 bridgehead atoms. The highest BCUT2D eigenvalue weighted by Crippen LogP contribution is 2.30. The molecule has 8 heteroatoms. The Bertz CT molecular complexity index is 820. The maximum absolute atomic E-state index is 12.7. The molecule has 128 valence electrons. The van der Waals surface area contributed by atoms with Crippen molar-refractivity contribution in [2.24, 2.45) is 0 Å². The van der Waals surface area contributed by atoms with Crippen LogP contribution in [0.3, 0.4) is 0 Å². The van der Waals surface area contributed by atoms with Crippen molar-refractivity contribution < 1.29 is 27.8 Å². The van der Waals surface area contributed by atoms with Crippen LogP contribution in [-0.4, -0.2) is 40.3 Å². The van der Waals surface area contributed by atoms with Crippen LogP contribution in [0.1, 0.15) is 0 Å². The summed E-state index contributed by atoms with van der Waals surface area (Å²) in [7, 11) is -0.936. The van der Waals surface area contributed by atoms with Gasteiger partial charge in [0.25, 0.3) is 10.0 Å². The number of ether oxygens (including phenoxy) is 2. The summed E-state index contributed by atoms with van der Waals surface area (Å²) in [6, 6.07) is 12.4. The van der Waals surface area contributed by atoms with Crippen LogP contribution in [0.25, 0.3) is 0 Å². The first-order valence-electron chi connectivity index (χ1n) is 6.92. The highest BCUT2D eigenvalue weighted by Gasteiger charge is 2.22. The maximum atomic E-state index is 12.7. The van der Waals surface area contributed by atoms with Crippen molar-refractivity contribution in [3.8, 4) is 11.5 Å². The topological polar surface area (TPSA) is 93.1 Å². The Kier molecular flexibility index (Phi) is 5.30. The summed E-state index contributed by atoms with van der Waals surface area (Å²) in [5.74, 6) is -0.588. The molecule has 0 aliphatic carbocycles. The second-order valence-corrected chi connectivity index (χ2v) is 6.80. The molecule has 0 atom stereocenters. The summed E-state index contributed by atoms with van der Waals surface area (Å²) in [6.45, 7) is -0.540. The fourth-order valence-electron chi connectivity index (χ4n) is 1.97. The molecule has 24 heavy (non-hydrogen) atoms. The molecular weight excluding hydrogens is 334 g/mol. The van der Waals surface area contributed by atoms with E-state index in [9.17, 15) is 13.2 Å². The lowest BCUT2D eigenvalue weighted by Gasteiger charge is -2.21. The minimum absolute atomic E-state index is 0.142. The third-order valence-electron chi connectivity index (χ3n) is 3.23.